The van der Waals surface area contributed by atoms with E-state index >= 15 is 0 Å². The van der Waals surface area contributed by atoms with E-state index in [2.05, 4.69) is 10.3 Å². The van der Waals surface area contributed by atoms with Crippen molar-refractivity contribution < 1.29 is 18.4 Å². The van der Waals surface area contributed by atoms with Gasteiger partial charge in [0.2, 0.25) is 11.8 Å². The predicted molar refractivity (Wildman–Crippen MR) is 107 cm³/mol. The summed E-state index contributed by atoms with van der Waals surface area (Å²) in [5.41, 5.74) is 2.23. The summed E-state index contributed by atoms with van der Waals surface area (Å²) in [7, 11) is 0. The van der Waals surface area contributed by atoms with Crippen molar-refractivity contribution in [1.82, 2.24) is 10.3 Å². The van der Waals surface area contributed by atoms with Gasteiger partial charge in [0.15, 0.2) is 11.6 Å². The lowest BCUT2D eigenvalue weighted by atomic mass is 10.1. The number of amides is 2. The topological polar surface area (TPSA) is 65.2 Å². The first-order valence-electron chi connectivity index (χ1n) is 9.23. The summed E-state index contributed by atoms with van der Waals surface area (Å²) in [6, 6.07) is 8.83. The molecule has 1 atom stereocenters. The maximum atomic E-state index is 13.4. The van der Waals surface area contributed by atoms with E-state index in [0.29, 0.717) is 24.4 Å². The van der Waals surface area contributed by atoms with Crippen LogP contribution in [0.5, 0.6) is 0 Å². The Morgan fingerprint density at radius 1 is 1.21 bits per heavy atom. The van der Waals surface area contributed by atoms with E-state index in [1.54, 1.807) is 6.07 Å². The van der Waals surface area contributed by atoms with Crippen molar-refractivity contribution in [2.24, 2.45) is 5.92 Å². The fourth-order valence-corrected chi connectivity index (χ4v) is 3.81. The molecule has 150 valence electrons. The molecule has 1 saturated heterocycles. The number of carbonyl (C=O) groups excluding carboxylic acids is 2. The highest BCUT2D eigenvalue weighted by Gasteiger charge is 2.37. The molecule has 2 aromatic carbocycles. The second-order valence-electron chi connectivity index (χ2n) is 6.97. The lowest BCUT2D eigenvalue weighted by Gasteiger charge is -2.17. The predicted octanol–water partition coefficient (Wildman–Crippen LogP) is 3.81. The number of hydrogen-bond donors (Lipinski definition) is 2. The number of anilines is 1. The molecule has 1 unspecified atom stereocenters. The van der Waals surface area contributed by atoms with Crippen LogP contribution >= 0.6 is 11.6 Å². The van der Waals surface area contributed by atoms with Crippen LogP contribution in [0.2, 0.25) is 5.02 Å². The van der Waals surface area contributed by atoms with Crippen LogP contribution in [0.3, 0.4) is 0 Å². The number of aromatic nitrogens is 1. The molecule has 0 aliphatic carbocycles. The summed E-state index contributed by atoms with van der Waals surface area (Å²) >= 11 is 6.05. The van der Waals surface area contributed by atoms with Crippen molar-refractivity contribution >= 4 is 40.0 Å². The molecule has 0 bridgehead atoms. The minimum absolute atomic E-state index is 0.250. The van der Waals surface area contributed by atoms with Crippen molar-refractivity contribution in [2.45, 2.75) is 12.8 Å². The Bertz CT molecular complexity index is 1100. The number of halogens is 3. The fourth-order valence-electron chi connectivity index (χ4n) is 3.63. The molecule has 0 saturated carbocycles. The number of H-pyrrole nitrogens is 1. The van der Waals surface area contributed by atoms with Crippen LogP contribution < -0.4 is 10.2 Å². The van der Waals surface area contributed by atoms with Crippen LogP contribution in [-0.4, -0.2) is 29.9 Å². The molecule has 0 radical (unpaired) electrons. The van der Waals surface area contributed by atoms with Crippen LogP contribution in [0.15, 0.2) is 42.6 Å². The maximum Gasteiger partial charge on any atom is 0.239 e. The van der Waals surface area contributed by atoms with Gasteiger partial charge < -0.3 is 15.2 Å². The molecule has 3 aromatic rings. The first-order valence-corrected chi connectivity index (χ1v) is 9.61. The summed E-state index contributed by atoms with van der Waals surface area (Å²) in [6.07, 6.45) is 2.78. The Hall–Kier alpha value is -2.93. The molecule has 29 heavy (non-hydrogen) atoms. The van der Waals surface area contributed by atoms with Crippen molar-refractivity contribution in [1.29, 1.82) is 0 Å². The number of hydrogen-bond acceptors (Lipinski definition) is 2. The van der Waals surface area contributed by atoms with Crippen LogP contribution in [-0.2, 0) is 16.0 Å². The zero-order valence-electron chi connectivity index (χ0n) is 15.3. The van der Waals surface area contributed by atoms with Gasteiger partial charge in [-0.3, -0.25) is 9.59 Å². The zero-order chi connectivity index (χ0) is 20.5. The van der Waals surface area contributed by atoms with Crippen molar-refractivity contribution in [3.05, 3.63) is 64.8 Å². The highest BCUT2D eigenvalue weighted by Crippen LogP contribution is 2.27. The van der Waals surface area contributed by atoms with E-state index in [1.165, 1.54) is 11.0 Å². The third-order valence-corrected chi connectivity index (χ3v) is 5.39. The lowest BCUT2D eigenvalue weighted by molar-refractivity contribution is -0.132. The van der Waals surface area contributed by atoms with Gasteiger partial charge in [-0.1, -0.05) is 11.6 Å². The number of nitrogens with zero attached hydrogens (tertiary/aromatic N) is 1. The van der Waals surface area contributed by atoms with Gasteiger partial charge in [-0.2, -0.15) is 0 Å². The van der Waals surface area contributed by atoms with Gasteiger partial charge in [0, 0.05) is 47.0 Å². The number of nitrogens with one attached hydrogen (secondary N) is 2. The molecular formula is C21H18ClF2N3O2. The third-order valence-electron chi connectivity index (χ3n) is 5.16. The monoisotopic (exact) mass is 417 g/mol. The summed E-state index contributed by atoms with van der Waals surface area (Å²) in [5.74, 6) is -3.61. The maximum absolute atomic E-state index is 13.4. The SMILES string of the molecule is O=C(NCCc1c[nH]c2ccc(Cl)cc12)C1CCN(c2ccc(F)c(F)c2)C1=O. The van der Waals surface area contributed by atoms with Crippen LogP contribution in [0.1, 0.15) is 12.0 Å². The third kappa shape index (κ3) is 3.82. The number of fused-ring (bicyclic) bond motifs is 1. The van der Waals surface area contributed by atoms with Crippen molar-refractivity contribution in [3.8, 4) is 0 Å². The van der Waals surface area contributed by atoms with E-state index in [-0.39, 0.29) is 18.1 Å². The Kier molecular flexibility index (Phi) is 5.24. The smallest absolute Gasteiger partial charge is 0.239 e. The number of aromatic amines is 1. The molecular weight excluding hydrogens is 400 g/mol. The van der Waals surface area contributed by atoms with Crippen molar-refractivity contribution in [2.75, 3.05) is 18.0 Å². The Morgan fingerprint density at radius 2 is 2.03 bits per heavy atom. The lowest BCUT2D eigenvalue weighted by Crippen LogP contribution is -2.37. The molecule has 2 N–H and O–H groups in total. The van der Waals surface area contributed by atoms with E-state index in [0.717, 1.165) is 28.6 Å². The number of benzene rings is 2. The van der Waals surface area contributed by atoms with E-state index in [9.17, 15) is 18.4 Å². The van der Waals surface area contributed by atoms with Gasteiger partial charge in [-0.15, -0.1) is 0 Å². The summed E-state index contributed by atoms with van der Waals surface area (Å²) in [6.45, 7) is 0.649. The van der Waals surface area contributed by atoms with E-state index < -0.39 is 23.5 Å². The molecule has 0 spiro atoms. The molecule has 1 aliphatic heterocycles. The van der Waals surface area contributed by atoms with Gasteiger partial charge in [0.05, 0.1) is 0 Å². The highest BCUT2D eigenvalue weighted by atomic mass is 35.5. The second kappa shape index (κ2) is 7.83. The minimum atomic E-state index is -1.03. The quantitative estimate of drug-likeness (QED) is 0.620. The standard InChI is InChI=1S/C21H18ClF2N3O2/c22-13-1-4-19-16(9-13)12(11-26-19)5-7-25-20(28)15-6-8-27(21(15)29)14-2-3-17(23)18(24)10-14/h1-4,9-11,15,26H,5-8H2,(H,25,28). The molecule has 4 rings (SSSR count). The van der Waals surface area contributed by atoms with E-state index in [4.69, 9.17) is 11.6 Å². The molecule has 1 fully saturated rings. The Morgan fingerprint density at radius 3 is 2.83 bits per heavy atom. The minimum Gasteiger partial charge on any atom is -0.361 e. The van der Waals surface area contributed by atoms with Gasteiger partial charge >= 0.3 is 0 Å². The van der Waals surface area contributed by atoms with Gasteiger partial charge in [0.1, 0.15) is 5.92 Å². The zero-order valence-corrected chi connectivity index (χ0v) is 16.1. The first-order chi connectivity index (χ1) is 13.9. The normalized spacial score (nSPS) is 16.6. The van der Waals surface area contributed by atoms with Crippen molar-refractivity contribution in [3.63, 3.8) is 0 Å². The van der Waals surface area contributed by atoms with Crippen LogP contribution in [0, 0.1) is 17.6 Å². The summed E-state index contributed by atoms with van der Waals surface area (Å²) in [5, 5.41) is 4.43. The molecule has 1 aromatic heterocycles. The van der Waals surface area contributed by atoms with Gasteiger partial charge in [0.25, 0.3) is 0 Å². The van der Waals surface area contributed by atoms with Gasteiger partial charge in [-0.25, -0.2) is 8.78 Å². The number of carbonyl (C=O) groups is 2. The summed E-state index contributed by atoms with van der Waals surface area (Å²) < 4.78 is 26.6. The summed E-state index contributed by atoms with van der Waals surface area (Å²) in [4.78, 5) is 29.5. The molecule has 8 heteroatoms. The Labute approximate surface area is 170 Å². The van der Waals surface area contributed by atoms with Gasteiger partial charge in [-0.05, 0) is 48.7 Å². The molecule has 1 aliphatic rings. The molecule has 2 amide bonds. The van der Waals surface area contributed by atoms with E-state index in [1.807, 2.05) is 18.3 Å². The Balaban J connectivity index is 1.37. The fraction of sp³-hybridized carbons (Fsp3) is 0.238. The average Bonchev–Trinajstić information content (AvgIpc) is 3.27. The molecule has 2 heterocycles. The van der Waals surface area contributed by atoms with Crippen LogP contribution in [0.4, 0.5) is 14.5 Å². The highest BCUT2D eigenvalue weighted by molar-refractivity contribution is 6.31. The largest absolute Gasteiger partial charge is 0.361 e. The first kappa shape index (κ1) is 19.4. The average molecular weight is 418 g/mol. The van der Waals surface area contributed by atoms with Crippen LogP contribution in [0.25, 0.3) is 10.9 Å². The number of rotatable bonds is 5. The molecule has 5 nitrogen and oxygen atoms in total. The second-order valence-corrected chi connectivity index (χ2v) is 7.41.